The third-order valence-electron chi connectivity index (χ3n) is 8.04. The molecule has 6 heteroatoms. The summed E-state index contributed by atoms with van der Waals surface area (Å²) in [6.07, 6.45) is 29.9. The van der Waals surface area contributed by atoms with E-state index in [1.54, 1.807) is 0 Å². The average Bonchev–Trinajstić information content (AvgIpc) is 3.82. The van der Waals surface area contributed by atoms with Gasteiger partial charge in [0.15, 0.2) is 0 Å². The van der Waals surface area contributed by atoms with Gasteiger partial charge < -0.3 is 15.7 Å². The first kappa shape index (κ1) is 35.7. The number of aryl methyl sites for hydroxylation is 2. The summed E-state index contributed by atoms with van der Waals surface area (Å²) < 4.78 is 0. The van der Waals surface area contributed by atoms with Crippen LogP contribution in [-0.4, -0.2) is 26.5 Å². The minimum absolute atomic E-state index is 0. The molecule has 2 aliphatic rings. The molecule has 3 aromatic heterocycles. The van der Waals surface area contributed by atoms with Gasteiger partial charge in [-0.25, -0.2) is 4.98 Å². The average molecular weight is 645 g/mol. The fourth-order valence-electron chi connectivity index (χ4n) is 5.58. The van der Waals surface area contributed by atoms with Crippen LogP contribution in [0.25, 0.3) is 34.2 Å². The van der Waals surface area contributed by atoms with Crippen molar-refractivity contribution in [3.8, 4) is 0 Å². The van der Waals surface area contributed by atoms with Crippen LogP contribution >= 0.6 is 0 Å². The summed E-state index contributed by atoms with van der Waals surface area (Å²) in [6, 6.07) is 16.7. The van der Waals surface area contributed by atoms with Crippen molar-refractivity contribution in [3.63, 3.8) is 0 Å². The second-order valence-corrected chi connectivity index (χ2v) is 11.9. The van der Waals surface area contributed by atoms with Crippen LogP contribution in [0.4, 0.5) is 0 Å². The predicted molar refractivity (Wildman–Crippen MR) is 186 cm³/mol. The maximum absolute atomic E-state index is 5.47. The van der Waals surface area contributed by atoms with E-state index in [1.165, 1.54) is 89.9 Å². The standard InChI is InChI=1S/C20H16N4.C18H37N.Zn/c1-2-14-10-16-5-6-18(23-16)12-20-8-7-19(24-20)11-17-4-3-15(22-17)9-13(1)21-14;1-2-3-4-5-6-7-8-9-10-11-12-13-14-15-16-17-18-19;/h1-6,9-12,22-23H,7-8H2;9-10H,2-8,11-19H2,1H3;/b;10-9-;. The van der Waals surface area contributed by atoms with Gasteiger partial charge in [-0.15, -0.1) is 0 Å². The second-order valence-electron chi connectivity index (χ2n) is 11.9. The molecular formula is C38H53N5Zn. The molecule has 5 heterocycles. The summed E-state index contributed by atoms with van der Waals surface area (Å²) in [6.45, 7) is 3.14. The fourth-order valence-corrected chi connectivity index (χ4v) is 5.58. The number of H-pyrrole nitrogens is 2. The van der Waals surface area contributed by atoms with E-state index in [-0.39, 0.29) is 19.5 Å². The van der Waals surface area contributed by atoms with Crippen LogP contribution in [0, 0.1) is 0 Å². The number of aromatic nitrogens is 4. The molecule has 4 N–H and O–H groups in total. The van der Waals surface area contributed by atoms with Gasteiger partial charge in [0.25, 0.3) is 0 Å². The number of hydrogen-bond acceptors (Lipinski definition) is 3. The number of aromatic amines is 2. The number of nitrogens with one attached hydrogen (secondary N) is 2. The van der Waals surface area contributed by atoms with E-state index in [2.05, 4.69) is 82.6 Å². The molecule has 5 rings (SSSR count). The molecule has 0 radical (unpaired) electrons. The van der Waals surface area contributed by atoms with Gasteiger partial charge in [0.1, 0.15) is 0 Å². The number of nitrogens with two attached hydrogens (primary N) is 1. The largest absolute Gasteiger partial charge is 0.355 e. The Morgan fingerprint density at radius 3 is 1.50 bits per heavy atom. The third-order valence-corrected chi connectivity index (χ3v) is 8.04. The van der Waals surface area contributed by atoms with E-state index in [9.17, 15) is 0 Å². The van der Waals surface area contributed by atoms with Crippen LogP contribution in [0.15, 0.2) is 60.7 Å². The molecule has 0 spiro atoms. The molecule has 0 amide bonds. The van der Waals surface area contributed by atoms with Gasteiger partial charge in [0, 0.05) is 52.9 Å². The monoisotopic (exact) mass is 643 g/mol. The van der Waals surface area contributed by atoms with Gasteiger partial charge in [-0.05, 0) is 112 Å². The predicted octanol–water partition coefficient (Wildman–Crippen LogP) is 10.3. The molecule has 3 aromatic rings. The first-order valence-electron chi connectivity index (χ1n) is 16.9. The number of rotatable bonds is 15. The number of unbranched alkanes of at least 4 members (excludes halogenated alkanes) is 12. The smallest absolute Gasteiger partial charge is 0.0658 e. The number of allylic oxidation sites excluding steroid dienone is 2. The molecule has 0 fully saturated rings. The molecule has 0 aromatic carbocycles. The first-order chi connectivity index (χ1) is 21.2. The Balaban J connectivity index is 0.000000244. The number of hydrogen-bond donors (Lipinski definition) is 3. The van der Waals surface area contributed by atoms with Crippen molar-refractivity contribution < 1.29 is 19.5 Å². The maximum Gasteiger partial charge on any atom is 0.0658 e. The molecule has 44 heavy (non-hydrogen) atoms. The molecular weight excluding hydrogens is 592 g/mol. The Bertz CT molecular complexity index is 1360. The van der Waals surface area contributed by atoms with Crippen LogP contribution in [0.3, 0.4) is 0 Å². The van der Waals surface area contributed by atoms with E-state index in [4.69, 9.17) is 10.7 Å². The summed E-state index contributed by atoms with van der Waals surface area (Å²) in [4.78, 5) is 16.2. The van der Waals surface area contributed by atoms with Crippen molar-refractivity contribution in [2.75, 3.05) is 6.54 Å². The van der Waals surface area contributed by atoms with E-state index in [1.807, 2.05) is 12.2 Å². The Morgan fingerprint density at radius 2 is 1.02 bits per heavy atom. The van der Waals surface area contributed by atoms with E-state index in [0.29, 0.717) is 0 Å². The molecule has 8 bridgehead atoms. The first-order valence-corrected chi connectivity index (χ1v) is 16.9. The van der Waals surface area contributed by atoms with Gasteiger partial charge in [-0.2, -0.15) is 0 Å². The van der Waals surface area contributed by atoms with Crippen molar-refractivity contribution in [1.82, 2.24) is 19.9 Å². The minimum Gasteiger partial charge on any atom is -0.355 e. The van der Waals surface area contributed by atoms with Crippen LogP contribution in [0.5, 0.6) is 0 Å². The van der Waals surface area contributed by atoms with Crippen LogP contribution < -0.4 is 5.73 Å². The summed E-state index contributed by atoms with van der Waals surface area (Å²) >= 11 is 0. The fraction of sp³-hybridized carbons (Fsp3) is 0.474. The zero-order chi connectivity index (χ0) is 30.0. The molecule has 0 saturated carbocycles. The Labute approximate surface area is 278 Å². The summed E-state index contributed by atoms with van der Waals surface area (Å²) in [5, 5.41) is 0. The summed E-state index contributed by atoms with van der Waals surface area (Å²) in [5.41, 5.74) is 13.9. The molecule has 0 atom stereocenters. The Hall–Kier alpha value is -2.82. The van der Waals surface area contributed by atoms with Crippen molar-refractivity contribution in [1.29, 1.82) is 0 Å². The van der Waals surface area contributed by atoms with Crippen molar-refractivity contribution >= 4 is 34.2 Å². The van der Waals surface area contributed by atoms with E-state index < -0.39 is 0 Å². The SMILES string of the molecule is C1=Cc2cc3ccc(cc4nc(cc5ccc(cc1n2)[nH]5)CC4)[nH]3.CCCCCCCC/C=C\CCCCCCCCN.[Zn]. The summed E-state index contributed by atoms with van der Waals surface area (Å²) in [7, 11) is 0. The Kier molecular flexibility index (Phi) is 17.0. The van der Waals surface area contributed by atoms with Gasteiger partial charge in [0.05, 0.1) is 11.4 Å². The van der Waals surface area contributed by atoms with Gasteiger partial charge in [0.2, 0.25) is 0 Å². The molecule has 0 aliphatic carbocycles. The van der Waals surface area contributed by atoms with E-state index in [0.717, 1.165) is 64.2 Å². The third kappa shape index (κ3) is 13.4. The number of fused-ring (bicyclic) bond motifs is 8. The second kappa shape index (κ2) is 21.0. The van der Waals surface area contributed by atoms with Crippen molar-refractivity contribution in [3.05, 3.63) is 83.5 Å². The zero-order valence-electron chi connectivity index (χ0n) is 27.1. The quantitative estimate of drug-likeness (QED) is 0.0684. The van der Waals surface area contributed by atoms with E-state index >= 15 is 0 Å². The molecule has 2 aliphatic heterocycles. The van der Waals surface area contributed by atoms with Crippen molar-refractivity contribution in [2.45, 2.75) is 110 Å². The van der Waals surface area contributed by atoms with Crippen LogP contribution in [0.2, 0.25) is 0 Å². The van der Waals surface area contributed by atoms with Gasteiger partial charge in [-0.1, -0.05) is 76.9 Å². The number of nitrogens with zero attached hydrogens (tertiary/aromatic N) is 2. The van der Waals surface area contributed by atoms with Crippen molar-refractivity contribution in [2.24, 2.45) is 5.73 Å². The molecule has 5 nitrogen and oxygen atoms in total. The summed E-state index contributed by atoms with van der Waals surface area (Å²) in [5.74, 6) is 0. The minimum atomic E-state index is 0. The van der Waals surface area contributed by atoms with Gasteiger partial charge in [-0.3, -0.25) is 4.98 Å². The topological polar surface area (TPSA) is 83.4 Å². The maximum atomic E-state index is 5.47. The van der Waals surface area contributed by atoms with Crippen LogP contribution in [-0.2, 0) is 32.3 Å². The zero-order valence-corrected chi connectivity index (χ0v) is 30.1. The molecule has 0 saturated heterocycles. The van der Waals surface area contributed by atoms with Crippen LogP contribution in [0.1, 0.15) is 120 Å². The Morgan fingerprint density at radius 1 is 0.591 bits per heavy atom. The normalized spacial score (nSPS) is 12.2. The molecule has 0 unspecified atom stereocenters. The molecule has 232 valence electrons. The van der Waals surface area contributed by atoms with Gasteiger partial charge >= 0.3 is 0 Å².